The number of hydrogen-bond donors (Lipinski definition) is 2. The number of amides is 1. The highest BCUT2D eigenvalue weighted by molar-refractivity contribution is 6.09. The van der Waals surface area contributed by atoms with Gasteiger partial charge in [0.2, 0.25) is 0 Å². The third kappa shape index (κ3) is 2.33. The molecule has 0 radical (unpaired) electrons. The van der Waals surface area contributed by atoms with Crippen LogP contribution in [-0.4, -0.2) is 24.0 Å². The Labute approximate surface area is 118 Å². The molecule has 4 nitrogen and oxygen atoms in total. The number of carbonyl (C=O) groups excluding carboxylic acids is 1. The molecular weight excluding hydrogens is 250 g/mol. The second-order valence-corrected chi connectivity index (χ2v) is 5.27. The lowest BCUT2D eigenvalue weighted by molar-refractivity contribution is 0.0939. The minimum absolute atomic E-state index is 0.0109. The van der Waals surface area contributed by atoms with E-state index in [0.29, 0.717) is 11.6 Å². The lowest BCUT2D eigenvalue weighted by Crippen LogP contribution is -2.32. The van der Waals surface area contributed by atoms with Crippen LogP contribution in [0.5, 0.6) is 0 Å². The van der Waals surface area contributed by atoms with Crippen molar-refractivity contribution in [3.63, 3.8) is 0 Å². The molecule has 104 valence electrons. The van der Waals surface area contributed by atoms with Gasteiger partial charge in [0.1, 0.15) is 5.82 Å². The topological polar surface area (TPSA) is 54.0 Å². The number of aromatic nitrogens is 1. The summed E-state index contributed by atoms with van der Waals surface area (Å²) in [5.74, 6) is 0.793. The van der Waals surface area contributed by atoms with Crippen LogP contribution in [0.1, 0.15) is 36.0 Å². The molecule has 1 aromatic carbocycles. The minimum Gasteiger partial charge on any atom is -0.373 e. The predicted molar refractivity (Wildman–Crippen MR) is 81.0 cm³/mol. The minimum atomic E-state index is -0.0109. The molecule has 1 heterocycles. The summed E-state index contributed by atoms with van der Waals surface area (Å²) in [4.78, 5) is 16.8. The summed E-state index contributed by atoms with van der Waals surface area (Å²) in [5, 5.41) is 8.12. The number of hydrogen-bond acceptors (Lipinski definition) is 3. The molecule has 0 unspecified atom stereocenters. The zero-order chi connectivity index (χ0) is 13.9. The van der Waals surface area contributed by atoms with Gasteiger partial charge in [-0.3, -0.25) is 4.79 Å². The standard InChI is InChI=1S/C16H19N3O/c1-17-15-13-9-5-4-8-12(13)14(10-18-15)16(20)19-11-6-2-3-7-11/h4-5,8-11H,2-3,6-7H2,1H3,(H,17,18)(H,19,20). The Morgan fingerprint density at radius 2 is 1.90 bits per heavy atom. The smallest absolute Gasteiger partial charge is 0.253 e. The first-order chi connectivity index (χ1) is 9.79. The van der Waals surface area contributed by atoms with Crippen molar-refractivity contribution in [2.45, 2.75) is 31.7 Å². The number of nitrogens with zero attached hydrogens (tertiary/aromatic N) is 1. The first kappa shape index (κ1) is 12.9. The van der Waals surface area contributed by atoms with E-state index in [0.717, 1.165) is 29.4 Å². The zero-order valence-corrected chi connectivity index (χ0v) is 11.6. The highest BCUT2D eigenvalue weighted by Crippen LogP contribution is 2.25. The van der Waals surface area contributed by atoms with Gasteiger partial charge in [-0.1, -0.05) is 37.1 Å². The first-order valence-corrected chi connectivity index (χ1v) is 7.16. The van der Waals surface area contributed by atoms with Crippen LogP contribution < -0.4 is 10.6 Å². The van der Waals surface area contributed by atoms with Crippen LogP contribution in [-0.2, 0) is 0 Å². The number of benzene rings is 1. The fraction of sp³-hybridized carbons (Fsp3) is 0.375. The third-order valence-corrected chi connectivity index (χ3v) is 3.97. The van der Waals surface area contributed by atoms with E-state index in [1.165, 1.54) is 12.8 Å². The zero-order valence-electron chi connectivity index (χ0n) is 11.6. The van der Waals surface area contributed by atoms with Gasteiger partial charge in [-0.05, 0) is 18.2 Å². The molecule has 3 rings (SSSR count). The van der Waals surface area contributed by atoms with E-state index in [9.17, 15) is 4.79 Å². The van der Waals surface area contributed by atoms with E-state index in [-0.39, 0.29) is 5.91 Å². The lowest BCUT2D eigenvalue weighted by atomic mass is 10.1. The van der Waals surface area contributed by atoms with E-state index in [1.54, 1.807) is 6.20 Å². The predicted octanol–water partition coefficient (Wildman–Crippen LogP) is 2.95. The maximum absolute atomic E-state index is 12.4. The Morgan fingerprint density at radius 3 is 2.60 bits per heavy atom. The van der Waals surface area contributed by atoms with Crippen LogP contribution in [0.3, 0.4) is 0 Å². The fourth-order valence-corrected chi connectivity index (χ4v) is 2.91. The van der Waals surface area contributed by atoms with Gasteiger partial charge in [-0.15, -0.1) is 0 Å². The molecule has 0 atom stereocenters. The molecule has 0 spiro atoms. The molecule has 0 bridgehead atoms. The molecule has 1 fully saturated rings. The van der Waals surface area contributed by atoms with Crippen LogP contribution in [0.2, 0.25) is 0 Å². The molecule has 0 aliphatic heterocycles. The van der Waals surface area contributed by atoms with Gasteiger partial charge in [0.15, 0.2) is 0 Å². The number of rotatable bonds is 3. The molecule has 2 aromatic rings. The van der Waals surface area contributed by atoms with Gasteiger partial charge in [-0.25, -0.2) is 4.98 Å². The fourth-order valence-electron chi connectivity index (χ4n) is 2.91. The van der Waals surface area contributed by atoms with Crippen molar-refractivity contribution >= 4 is 22.5 Å². The van der Waals surface area contributed by atoms with Crippen LogP contribution in [0.25, 0.3) is 10.8 Å². The summed E-state index contributed by atoms with van der Waals surface area (Å²) in [5.41, 5.74) is 0.659. The Balaban J connectivity index is 1.96. The van der Waals surface area contributed by atoms with E-state index < -0.39 is 0 Å². The van der Waals surface area contributed by atoms with Crippen molar-refractivity contribution < 1.29 is 4.79 Å². The normalized spacial score (nSPS) is 15.4. The highest BCUT2D eigenvalue weighted by Gasteiger charge is 2.19. The first-order valence-electron chi connectivity index (χ1n) is 7.16. The maximum atomic E-state index is 12.4. The summed E-state index contributed by atoms with van der Waals surface area (Å²) >= 11 is 0. The summed E-state index contributed by atoms with van der Waals surface area (Å²) in [6.07, 6.45) is 6.27. The maximum Gasteiger partial charge on any atom is 0.253 e. The second kappa shape index (κ2) is 5.49. The number of nitrogens with one attached hydrogen (secondary N) is 2. The van der Waals surface area contributed by atoms with Crippen LogP contribution in [0, 0.1) is 0 Å². The SMILES string of the molecule is CNc1ncc(C(=O)NC2CCCC2)c2ccccc12. The van der Waals surface area contributed by atoms with E-state index in [2.05, 4.69) is 15.6 Å². The molecule has 1 aliphatic carbocycles. The number of carbonyl (C=O) groups is 1. The largest absolute Gasteiger partial charge is 0.373 e. The summed E-state index contributed by atoms with van der Waals surface area (Å²) in [7, 11) is 1.84. The van der Waals surface area contributed by atoms with Crippen molar-refractivity contribution in [3.05, 3.63) is 36.0 Å². The van der Waals surface area contributed by atoms with Crippen molar-refractivity contribution in [1.82, 2.24) is 10.3 Å². The summed E-state index contributed by atoms with van der Waals surface area (Å²) in [6.45, 7) is 0. The molecule has 1 aliphatic rings. The average molecular weight is 269 g/mol. The van der Waals surface area contributed by atoms with E-state index >= 15 is 0 Å². The third-order valence-electron chi connectivity index (χ3n) is 3.97. The average Bonchev–Trinajstić information content (AvgIpc) is 2.99. The molecule has 4 heteroatoms. The van der Waals surface area contributed by atoms with E-state index in [4.69, 9.17) is 0 Å². The second-order valence-electron chi connectivity index (χ2n) is 5.27. The van der Waals surface area contributed by atoms with Gasteiger partial charge < -0.3 is 10.6 Å². The van der Waals surface area contributed by atoms with Crippen molar-refractivity contribution in [2.75, 3.05) is 12.4 Å². The number of anilines is 1. The van der Waals surface area contributed by atoms with Crippen LogP contribution >= 0.6 is 0 Å². The van der Waals surface area contributed by atoms with Crippen LogP contribution in [0.15, 0.2) is 30.5 Å². The highest BCUT2D eigenvalue weighted by atomic mass is 16.1. The summed E-state index contributed by atoms with van der Waals surface area (Å²) < 4.78 is 0. The summed E-state index contributed by atoms with van der Waals surface area (Å²) in [6, 6.07) is 8.20. The molecule has 0 saturated heterocycles. The van der Waals surface area contributed by atoms with Crippen molar-refractivity contribution in [1.29, 1.82) is 0 Å². The Hall–Kier alpha value is -2.10. The molecule has 2 N–H and O–H groups in total. The molecule has 1 aromatic heterocycles. The van der Waals surface area contributed by atoms with Crippen molar-refractivity contribution in [3.8, 4) is 0 Å². The number of pyridine rings is 1. The molecule has 1 saturated carbocycles. The monoisotopic (exact) mass is 269 g/mol. The van der Waals surface area contributed by atoms with Gasteiger partial charge in [-0.2, -0.15) is 0 Å². The van der Waals surface area contributed by atoms with E-state index in [1.807, 2.05) is 31.3 Å². The van der Waals surface area contributed by atoms with Crippen LogP contribution in [0.4, 0.5) is 5.82 Å². The van der Waals surface area contributed by atoms with Gasteiger partial charge in [0.05, 0.1) is 5.56 Å². The molecular formula is C16H19N3O. The van der Waals surface area contributed by atoms with Gasteiger partial charge in [0, 0.05) is 24.7 Å². The van der Waals surface area contributed by atoms with Gasteiger partial charge >= 0.3 is 0 Å². The molecule has 1 amide bonds. The van der Waals surface area contributed by atoms with Gasteiger partial charge in [0.25, 0.3) is 5.91 Å². The Kier molecular flexibility index (Phi) is 3.54. The molecule has 20 heavy (non-hydrogen) atoms. The van der Waals surface area contributed by atoms with Crippen molar-refractivity contribution in [2.24, 2.45) is 0 Å². The number of fused-ring (bicyclic) bond motifs is 1. The quantitative estimate of drug-likeness (QED) is 0.900. The lowest BCUT2D eigenvalue weighted by Gasteiger charge is -2.14. The Bertz CT molecular complexity index is 633. The Morgan fingerprint density at radius 1 is 1.20 bits per heavy atom.